The molecule has 0 radical (unpaired) electrons. The lowest BCUT2D eigenvalue weighted by Gasteiger charge is -2.19. The fraction of sp³-hybridized carbons (Fsp3) is 0.148. The summed E-state index contributed by atoms with van der Waals surface area (Å²) in [5, 5.41) is 2.53. The number of amides is 1. The van der Waals surface area contributed by atoms with Gasteiger partial charge in [-0.3, -0.25) is 19.2 Å². The van der Waals surface area contributed by atoms with Crippen molar-refractivity contribution in [3.05, 3.63) is 99.1 Å². The number of hydrogen-bond acceptors (Lipinski definition) is 6. The van der Waals surface area contributed by atoms with Gasteiger partial charge in [0, 0.05) is 33.9 Å². The van der Waals surface area contributed by atoms with Crippen molar-refractivity contribution in [2.45, 2.75) is 13.8 Å². The third-order valence-corrected chi connectivity index (χ3v) is 5.98. The number of Topliss-reactive ketones (excluding diaryl/α,β-unsaturated/α-hetero) is 1. The number of benzene rings is 3. The largest absolute Gasteiger partial charge is 0.454 e. The second-order valence-electron chi connectivity index (χ2n) is 8.27. The Kier molecular flexibility index (Phi) is 6.62. The van der Waals surface area contributed by atoms with E-state index in [1.807, 2.05) is 0 Å². The number of nitrogens with one attached hydrogen (secondary N) is 1. The van der Waals surface area contributed by atoms with Crippen molar-refractivity contribution in [2.24, 2.45) is 5.92 Å². The van der Waals surface area contributed by atoms with Gasteiger partial charge in [0.05, 0.1) is 16.1 Å². The Bertz CT molecular complexity index is 1390. The van der Waals surface area contributed by atoms with Crippen molar-refractivity contribution in [3.63, 3.8) is 0 Å². The maximum Gasteiger partial charge on any atom is 0.340 e. The highest BCUT2D eigenvalue weighted by molar-refractivity contribution is 6.41. The zero-order chi connectivity index (χ0) is 25.3. The Morgan fingerprint density at radius 3 is 2.11 bits per heavy atom. The van der Waals surface area contributed by atoms with Crippen molar-refractivity contribution in [3.8, 4) is 0 Å². The molecule has 7 nitrogen and oxygen atoms in total. The topological polar surface area (TPSA) is 107 Å². The molecule has 35 heavy (non-hydrogen) atoms. The van der Waals surface area contributed by atoms with Crippen molar-refractivity contribution in [1.29, 1.82) is 0 Å². The molecule has 1 N–H and O–H groups in total. The molecule has 1 amide bonds. The highest BCUT2D eigenvalue weighted by atomic mass is 35.5. The second-order valence-corrected chi connectivity index (χ2v) is 8.65. The van der Waals surface area contributed by atoms with Crippen LogP contribution in [0.2, 0.25) is 5.02 Å². The van der Waals surface area contributed by atoms with Gasteiger partial charge in [-0.1, -0.05) is 49.7 Å². The van der Waals surface area contributed by atoms with Crippen LogP contribution in [0.3, 0.4) is 0 Å². The summed E-state index contributed by atoms with van der Waals surface area (Å²) >= 11 is 6.37. The summed E-state index contributed by atoms with van der Waals surface area (Å²) in [5.74, 6) is -2.52. The number of carbonyl (C=O) groups is 5. The molecule has 0 heterocycles. The van der Waals surface area contributed by atoms with E-state index in [0.29, 0.717) is 5.69 Å². The monoisotopic (exact) mass is 489 g/mol. The molecule has 3 aromatic rings. The molecular formula is C27H20ClNO6. The third kappa shape index (κ3) is 4.63. The minimum absolute atomic E-state index is 0.0600. The molecule has 176 valence electrons. The van der Waals surface area contributed by atoms with Gasteiger partial charge in [0.2, 0.25) is 5.91 Å². The van der Waals surface area contributed by atoms with E-state index < -0.39 is 24.1 Å². The van der Waals surface area contributed by atoms with Crippen LogP contribution in [0.1, 0.15) is 66.4 Å². The van der Waals surface area contributed by atoms with Crippen LogP contribution in [0.25, 0.3) is 0 Å². The number of fused-ring (bicyclic) bond motifs is 2. The lowest BCUT2D eigenvalue weighted by Crippen LogP contribution is -2.23. The standard InChI is InChI=1S/C27H20ClNO6/c1-14(2)26(33)29-16-9-7-15(8-10-16)21(30)13-35-27(34)20-12-11-19-22(23(20)28)25(32)18-6-4-3-5-17(18)24(19)31/h3-12,14H,13H2,1-2H3,(H,29,33). The Morgan fingerprint density at radius 1 is 0.857 bits per heavy atom. The predicted molar refractivity (Wildman–Crippen MR) is 129 cm³/mol. The first-order chi connectivity index (χ1) is 16.7. The Morgan fingerprint density at radius 2 is 1.49 bits per heavy atom. The molecule has 0 atom stereocenters. The molecule has 0 saturated carbocycles. The third-order valence-electron chi connectivity index (χ3n) is 5.58. The number of anilines is 1. The van der Waals surface area contributed by atoms with Gasteiger partial charge in [-0.25, -0.2) is 4.79 Å². The minimum atomic E-state index is -0.897. The van der Waals surface area contributed by atoms with Gasteiger partial charge in [0.15, 0.2) is 24.0 Å². The summed E-state index contributed by atoms with van der Waals surface area (Å²) in [4.78, 5) is 62.6. The van der Waals surface area contributed by atoms with E-state index in [9.17, 15) is 24.0 Å². The smallest absolute Gasteiger partial charge is 0.340 e. The molecule has 0 unspecified atom stereocenters. The van der Waals surface area contributed by atoms with Gasteiger partial charge in [-0.2, -0.15) is 0 Å². The molecule has 0 fully saturated rings. The van der Waals surface area contributed by atoms with Crippen molar-refractivity contribution < 1.29 is 28.7 Å². The molecular weight excluding hydrogens is 470 g/mol. The number of carbonyl (C=O) groups excluding carboxylic acids is 5. The lowest BCUT2D eigenvalue weighted by molar-refractivity contribution is -0.118. The van der Waals surface area contributed by atoms with E-state index in [2.05, 4.69) is 5.32 Å². The lowest BCUT2D eigenvalue weighted by atomic mass is 9.83. The minimum Gasteiger partial charge on any atom is -0.454 e. The number of esters is 1. The van der Waals surface area contributed by atoms with Crippen molar-refractivity contribution >= 4 is 46.5 Å². The number of rotatable bonds is 6. The molecule has 0 aromatic heterocycles. The van der Waals surface area contributed by atoms with Crippen LogP contribution >= 0.6 is 11.6 Å². The number of ether oxygens (including phenoxy) is 1. The summed E-state index contributed by atoms with van der Waals surface area (Å²) in [6.07, 6.45) is 0. The first-order valence-electron chi connectivity index (χ1n) is 10.8. The average molecular weight is 490 g/mol. The van der Waals surface area contributed by atoms with E-state index in [-0.39, 0.29) is 56.0 Å². The Labute approximate surface area is 206 Å². The van der Waals surface area contributed by atoms with Crippen LogP contribution in [0, 0.1) is 5.92 Å². The van der Waals surface area contributed by atoms with Crippen LogP contribution in [0.15, 0.2) is 60.7 Å². The normalized spacial score (nSPS) is 12.1. The van der Waals surface area contributed by atoms with Gasteiger partial charge < -0.3 is 10.1 Å². The molecule has 4 rings (SSSR count). The summed E-state index contributed by atoms with van der Waals surface area (Å²) in [5.41, 5.74) is 1.24. The number of hydrogen-bond donors (Lipinski definition) is 1. The predicted octanol–water partition coefficient (Wildman–Crippen LogP) is 4.75. The zero-order valence-electron chi connectivity index (χ0n) is 18.9. The quantitative estimate of drug-likeness (QED) is 0.309. The highest BCUT2D eigenvalue weighted by Crippen LogP contribution is 2.34. The van der Waals surface area contributed by atoms with Crippen LogP contribution in [0.5, 0.6) is 0 Å². The van der Waals surface area contributed by atoms with Crippen LogP contribution in [0.4, 0.5) is 5.69 Å². The molecule has 8 heteroatoms. The highest BCUT2D eigenvalue weighted by Gasteiger charge is 2.33. The Balaban J connectivity index is 1.47. The van der Waals surface area contributed by atoms with E-state index in [1.165, 1.54) is 30.3 Å². The van der Waals surface area contributed by atoms with Gasteiger partial charge in [-0.05, 0) is 36.4 Å². The SMILES string of the molecule is CC(C)C(=O)Nc1ccc(C(=O)COC(=O)c2ccc3c(c2Cl)C(=O)c2ccccc2C3=O)cc1. The zero-order valence-corrected chi connectivity index (χ0v) is 19.6. The summed E-state index contributed by atoms with van der Waals surface area (Å²) in [6, 6.07) is 15.2. The molecule has 0 aliphatic heterocycles. The number of halogens is 1. The summed E-state index contributed by atoms with van der Waals surface area (Å²) < 4.78 is 5.14. The molecule has 3 aromatic carbocycles. The maximum atomic E-state index is 13.0. The first kappa shape index (κ1) is 24.0. The van der Waals surface area contributed by atoms with Crippen LogP contribution < -0.4 is 5.32 Å². The van der Waals surface area contributed by atoms with Crippen LogP contribution in [-0.4, -0.2) is 35.8 Å². The molecule has 1 aliphatic rings. The average Bonchev–Trinajstić information content (AvgIpc) is 2.85. The molecule has 0 saturated heterocycles. The second kappa shape index (κ2) is 9.64. The fourth-order valence-corrected chi connectivity index (χ4v) is 3.95. The first-order valence-corrected chi connectivity index (χ1v) is 11.2. The Hall–Kier alpha value is -4.10. The molecule has 0 bridgehead atoms. The van der Waals surface area contributed by atoms with E-state index in [0.717, 1.165) is 0 Å². The summed E-state index contributed by atoms with van der Waals surface area (Å²) in [7, 11) is 0. The van der Waals surface area contributed by atoms with Gasteiger partial charge in [-0.15, -0.1) is 0 Å². The molecule has 1 aliphatic carbocycles. The van der Waals surface area contributed by atoms with Gasteiger partial charge >= 0.3 is 5.97 Å². The van der Waals surface area contributed by atoms with Crippen molar-refractivity contribution in [1.82, 2.24) is 0 Å². The van der Waals surface area contributed by atoms with Crippen LogP contribution in [-0.2, 0) is 9.53 Å². The maximum absolute atomic E-state index is 13.0. The fourth-order valence-electron chi connectivity index (χ4n) is 3.62. The van der Waals surface area contributed by atoms with E-state index in [1.54, 1.807) is 44.2 Å². The van der Waals surface area contributed by atoms with Gasteiger partial charge in [0.25, 0.3) is 0 Å². The van der Waals surface area contributed by atoms with Crippen molar-refractivity contribution in [2.75, 3.05) is 11.9 Å². The molecule has 0 spiro atoms. The summed E-state index contributed by atoms with van der Waals surface area (Å²) in [6.45, 7) is 2.98. The van der Waals surface area contributed by atoms with E-state index in [4.69, 9.17) is 16.3 Å². The van der Waals surface area contributed by atoms with Gasteiger partial charge in [0.1, 0.15) is 0 Å². The van der Waals surface area contributed by atoms with E-state index >= 15 is 0 Å². The number of ketones is 3.